The molecule has 1 aromatic carbocycles. The van der Waals surface area contributed by atoms with Crippen LogP contribution in [0.15, 0.2) is 29.3 Å². The summed E-state index contributed by atoms with van der Waals surface area (Å²) < 4.78 is 13.5. The van der Waals surface area contributed by atoms with Crippen LogP contribution in [0.2, 0.25) is 0 Å². The molecule has 0 radical (unpaired) electrons. The predicted octanol–water partition coefficient (Wildman–Crippen LogP) is 2.39. The Morgan fingerprint density at radius 2 is 2.06 bits per heavy atom. The van der Waals surface area contributed by atoms with E-state index in [1.807, 2.05) is 6.07 Å². The maximum atomic E-state index is 13.5. The van der Waals surface area contributed by atoms with E-state index in [0.717, 1.165) is 25.6 Å². The molecule has 98 valence electrons. The summed E-state index contributed by atoms with van der Waals surface area (Å²) in [6, 6.07) is 6.81. The Bertz CT molecular complexity index is 411. The van der Waals surface area contributed by atoms with Gasteiger partial charge in [0.2, 0.25) is 0 Å². The molecule has 0 aliphatic carbocycles. The van der Waals surface area contributed by atoms with E-state index >= 15 is 0 Å². The smallest absolute Gasteiger partial charge is 0.194 e. The van der Waals surface area contributed by atoms with Crippen molar-refractivity contribution < 1.29 is 4.39 Å². The lowest BCUT2D eigenvalue weighted by molar-refractivity contribution is 0.493. The fraction of sp³-hybridized carbons (Fsp3) is 0.500. The van der Waals surface area contributed by atoms with E-state index in [0.29, 0.717) is 12.1 Å². The van der Waals surface area contributed by atoms with Crippen LogP contribution >= 0.6 is 0 Å². The Balaban J connectivity index is 2.06. The van der Waals surface area contributed by atoms with Gasteiger partial charge in [0, 0.05) is 25.2 Å². The molecule has 1 heterocycles. The topological polar surface area (TPSA) is 27.6 Å². The number of aliphatic imine (C=N–C) groups is 1. The Morgan fingerprint density at radius 1 is 1.33 bits per heavy atom. The lowest BCUT2D eigenvalue weighted by Gasteiger charge is -2.20. The number of guanidine groups is 1. The van der Waals surface area contributed by atoms with Gasteiger partial charge in [-0.1, -0.05) is 18.2 Å². The third-order valence-electron chi connectivity index (χ3n) is 3.10. The quantitative estimate of drug-likeness (QED) is 0.658. The third kappa shape index (κ3) is 3.22. The fourth-order valence-corrected chi connectivity index (χ4v) is 2.14. The molecule has 1 N–H and O–H groups in total. The van der Waals surface area contributed by atoms with E-state index in [2.05, 4.69) is 22.1 Å². The summed E-state index contributed by atoms with van der Waals surface area (Å²) in [5.41, 5.74) is 0.645. The Labute approximate surface area is 108 Å². The first-order chi connectivity index (χ1) is 8.81. The zero-order chi connectivity index (χ0) is 12.8. The zero-order valence-electron chi connectivity index (χ0n) is 10.8. The summed E-state index contributed by atoms with van der Waals surface area (Å²) in [5, 5.41) is 3.27. The van der Waals surface area contributed by atoms with Crippen LogP contribution in [-0.2, 0) is 6.54 Å². The van der Waals surface area contributed by atoms with Gasteiger partial charge in [0.25, 0.3) is 0 Å². The number of hydrogen-bond acceptors (Lipinski definition) is 1. The molecule has 1 aliphatic heterocycles. The zero-order valence-corrected chi connectivity index (χ0v) is 10.8. The van der Waals surface area contributed by atoms with Gasteiger partial charge in [-0.05, 0) is 25.8 Å². The normalized spacial score (nSPS) is 16.1. The van der Waals surface area contributed by atoms with Crippen molar-refractivity contribution in [2.24, 2.45) is 4.99 Å². The average Bonchev–Trinajstić information content (AvgIpc) is 2.90. The summed E-state index contributed by atoms with van der Waals surface area (Å²) in [7, 11) is 0. The molecule has 1 fully saturated rings. The molecule has 0 spiro atoms. The van der Waals surface area contributed by atoms with Gasteiger partial charge in [0.15, 0.2) is 5.96 Å². The molecule has 4 heteroatoms. The maximum Gasteiger partial charge on any atom is 0.194 e. The van der Waals surface area contributed by atoms with Crippen molar-refractivity contribution in [3.63, 3.8) is 0 Å². The number of benzene rings is 1. The number of likely N-dealkylation sites (tertiary alicyclic amines) is 1. The highest BCUT2D eigenvalue weighted by Gasteiger charge is 2.15. The van der Waals surface area contributed by atoms with Crippen molar-refractivity contribution in [2.45, 2.75) is 26.3 Å². The summed E-state index contributed by atoms with van der Waals surface area (Å²) in [6.07, 6.45) is 2.42. The molecular weight excluding hydrogens is 229 g/mol. The van der Waals surface area contributed by atoms with Crippen LogP contribution in [0.4, 0.5) is 4.39 Å². The van der Waals surface area contributed by atoms with Crippen molar-refractivity contribution >= 4 is 5.96 Å². The first-order valence-corrected chi connectivity index (χ1v) is 6.58. The van der Waals surface area contributed by atoms with Gasteiger partial charge < -0.3 is 10.2 Å². The number of rotatable bonds is 3. The van der Waals surface area contributed by atoms with Gasteiger partial charge in [0.05, 0.1) is 6.54 Å². The highest BCUT2D eigenvalue weighted by atomic mass is 19.1. The van der Waals surface area contributed by atoms with E-state index in [1.165, 1.54) is 18.9 Å². The van der Waals surface area contributed by atoms with Crippen LogP contribution in [0.25, 0.3) is 0 Å². The molecule has 2 rings (SSSR count). The number of nitrogens with one attached hydrogen (secondary N) is 1. The van der Waals surface area contributed by atoms with Crippen molar-refractivity contribution in [1.29, 1.82) is 0 Å². The molecular formula is C14H20FN3. The van der Waals surface area contributed by atoms with Gasteiger partial charge >= 0.3 is 0 Å². The van der Waals surface area contributed by atoms with Gasteiger partial charge in [-0.15, -0.1) is 0 Å². The Kier molecular flexibility index (Phi) is 4.56. The van der Waals surface area contributed by atoms with Crippen molar-refractivity contribution in [1.82, 2.24) is 10.2 Å². The standard InChI is InChI=1S/C14H20FN3/c1-2-16-14(18-9-5-6-10-18)17-11-12-7-3-4-8-13(12)15/h3-4,7-8H,2,5-6,9-11H2,1H3,(H,16,17). The summed E-state index contributed by atoms with van der Waals surface area (Å²) in [5.74, 6) is 0.719. The van der Waals surface area contributed by atoms with E-state index in [9.17, 15) is 4.39 Å². The molecule has 0 saturated carbocycles. The van der Waals surface area contributed by atoms with Gasteiger partial charge in [0.1, 0.15) is 5.82 Å². The van der Waals surface area contributed by atoms with E-state index in [1.54, 1.807) is 12.1 Å². The first kappa shape index (κ1) is 12.9. The first-order valence-electron chi connectivity index (χ1n) is 6.58. The second-order valence-electron chi connectivity index (χ2n) is 4.46. The van der Waals surface area contributed by atoms with E-state index < -0.39 is 0 Å². The molecule has 0 atom stereocenters. The molecule has 1 aliphatic rings. The van der Waals surface area contributed by atoms with Crippen molar-refractivity contribution in [2.75, 3.05) is 19.6 Å². The molecule has 0 aromatic heterocycles. The second-order valence-corrected chi connectivity index (χ2v) is 4.46. The van der Waals surface area contributed by atoms with Gasteiger partial charge in [-0.25, -0.2) is 9.38 Å². The minimum Gasteiger partial charge on any atom is -0.357 e. The highest BCUT2D eigenvalue weighted by molar-refractivity contribution is 5.80. The second kappa shape index (κ2) is 6.38. The largest absolute Gasteiger partial charge is 0.357 e. The van der Waals surface area contributed by atoms with Crippen LogP contribution in [0.1, 0.15) is 25.3 Å². The summed E-state index contributed by atoms with van der Waals surface area (Å²) in [4.78, 5) is 6.76. The minimum atomic E-state index is -0.182. The SMILES string of the molecule is CCNC(=NCc1ccccc1F)N1CCCC1. The van der Waals surface area contributed by atoms with Crippen LogP contribution in [0, 0.1) is 5.82 Å². The highest BCUT2D eigenvalue weighted by Crippen LogP contribution is 2.10. The molecule has 1 aromatic rings. The van der Waals surface area contributed by atoms with Crippen molar-refractivity contribution in [3.8, 4) is 0 Å². The predicted molar refractivity (Wildman–Crippen MR) is 72.0 cm³/mol. The van der Waals surface area contributed by atoms with E-state index in [-0.39, 0.29) is 5.82 Å². The Morgan fingerprint density at radius 3 is 2.72 bits per heavy atom. The van der Waals surface area contributed by atoms with Crippen LogP contribution < -0.4 is 5.32 Å². The molecule has 18 heavy (non-hydrogen) atoms. The minimum absolute atomic E-state index is 0.182. The lowest BCUT2D eigenvalue weighted by atomic mass is 10.2. The van der Waals surface area contributed by atoms with Gasteiger partial charge in [-0.2, -0.15) is 0 Å². The summed E-state index contributed by atoms with van der Waals surface area (Å²) >= 11 is 0. The third-order valence-corrected chi connectivity index (χ3v) is 3.10. The van der Waals surface area contributed by atoms with Crippen LogP contribution in [0.5, 0.6) is 0 Å². The van der Waals surface area contributed by atoms with E-state index in [4.69, 9.17) is 0 Å². The number of hydrogen-bond donors (Lipinski definition) is 1. The lowest BCUT2D eigenvalue weighted by Crippen LogP contribution is -2.39. The van der Waals surface area contributed by atoms with Gasteiger partial charge in [-0.3, -0.25) is 0 Å². The average molecular weight is 249 g/mol. The summed E-state index contributed by atoms with van der Waals surface area (Å²) in [6.45, 7) is 5.37. The maximum absolute atomic E-state index is 13.5. The van der Waals surface area contributed by atoms with Crippen LogP contribution in [0.3, 0.4) is 0 Å². The Hall–Kier alpha value is -1.58. The van der Waals surface area contributed by atoms with Crippen LogP contribution in [-0.4, -0.2) is 30.5 Å². The number of nitrogens with zero attached hydrogens (tertiary/aromatic N) is 2. The fourth-order valence-electron chi connectivity index (χ4n) is 2.14. The van der Waals surface area contributed by atoms with Crippen molar-refractivity contribution in [3.05, 3.63) is 35.6 Å². The molecule has 0 bridgehead atoms. The molecule has 0 amide bonds. The monoisotopic (exact) mass is 249 g/mol. The number of halogens is 1. The molecule has 0 unspecified atom stereocenters. The molecule has 3 nitrogen and oxygen atoms in total. The molecule has 1 saturated heterocycles.